The molecule has 1 saturated heterocycles. The number of hydrogen-bond acceptors (Lipinski definition) is 2. The minimum atomic E-state index is -0.830. The smallest absolute Gasteiger partial charge is 0.256 e. The first-order chi connectivity index (χ1) is 11.1. The van der Waals surface area contributed by atoms with E-state index in [0.717, 1.165) is 17.8 Å². The van der Waals surface area contributed by atoms with Crippen molar-refractivity contribution in [3.63, 3.8) is 0 Å². The third-order valence-electron chi connectivity index (χ3n) is 3.92. The van der Waals surface area contributed by atoms with Crippen molar-refractivity contribution in [1.82, 2.24) is 4.90 Å². The molecule has 3 nitrogen and oxygen atoms in total. The predicted molar refractivity (Wildman–Crippen MR) is 85.9 cm³/mol. The Labute approximate surface area is 138 Å². The van der Waals surface area contributed by atoms with Gasteiger partial charge in [0.1, 0.15) is 11.6 Å². The number of rotatable bonds is 2. The lowest BCUT2D eigenvalue weighted by molar-refractivity contribution is 0.0742. The molecule has 0 N–H and O–H groups in total. The van der Waals surface area contributed by atoms with Crippen LogP contribution in [0.15, 0.2) is 42.5 Å². The summed E-state index contributed by atoms with van der Waals surface area (Å²) in [6.45, 7) is 2.14. The highest BCUT2D eigenvalue weighted by Crippen LogP contribution is 2.26. The van der Waals surface area contributed by atoms with E-state index >= 15 is 0 Å². The van der Waals surface area contributed by atoms with E-state index < -0.39 is 17.5 Å². The van der Waals surface area contributed by atoms with E-state index in [1.807, 2.05) is 24.3 Å². The van der Waals surface area contributed by atoms with Crippen LogP contribution in [0.3, 0.4) is 0 Å². The van der Waals surface area contributed by atoms with Gasteiger partial charge in [0, 0.05) is 32.2 Å². The molecule has 0 spiro atoms. The van der Waals surface area contributed by atoms with Crippen molar-refractivity contribution in [1.29, 1.82) is 0 Å². The van der Waals surface area contributed by atoms with Crippen LogP contribution in [0.4, 0.5) is 14.5 Å². The maximum absolute atomic E-state index is 13.7. The zero-order valence-corrected chi connectivity index (χ0v) is 13.1. The third kappa shape index (κ3) is 3.29. The molecule has 2 aromatic rings. The number of carbonyl (C=O) groups is 1. The van der Waals surface area contributed by atoms with Crippen molar-refractivity contribution in [2.75, 3.05) is 31.1 Å². The van der Waals surface area contributed by atoms with Crippen molar-refractivity contribution in [2.24, 2.45) is 0 Å². The van der Waals surface area contributed by atoms with E-state index in [2.05, 4.69) is 4.90 Å². The average molecular weight is 337 g/mol. The summed E-state index contributed by atoms with van der Waals surface area (Å²) in [4.78, 5) is 16.0. The molecule has 120 valence electrons. The van der Waals surface area contributed by atoms with Gasteiger partial charge in [0.05, 0.1) is 16.3 Å². The first-order valence-corrected chi connectivity index (χ1v) is 7.68. The summed E-state index contributed by atoms with van der Waals surface area (Å²) in [6, 6.07) is 10.5. The first-order valence-electron chi connectivity index (χ1n) is 7.30. The zero-order valence-electron chi connectivity index (χ0n) is 12.3. The molecule has 1 amide bonds. The molecule has 0 radical (unpaired) electrons. The van der Waals surface area contributed by atoms with Gasteiger partial charge in [0.25, 0.3) is 5.91 Å². The largest absolute Gasteiger partial charge is 0.367 e. The second-order valence-corrected chi connectivity index (χ2v) is 5.76. The van der Waals surface area contributed by atoms with Gasteiger partial charge in [0.15, 0.2) is 0 Å². The van der Waals surface area contributed by atoms with Crippen molar-refractivity contribution >= 4 is 23.2 Å². The Balaban J connectivity index is 1.69. The Bertz CT molecular complexity index is 730. The highest BCUT2D eigenvalue weighted by atomic mass is 35.5. The molecular formula is C17H15ClF2N2O. The fourth-order valence-corrected chi connectivity index (χ4v) is 2.95. The molecule has 0 unspecified atom stereocenters. The maximum atomic E-state index is 13.7. The first kappa shape index (κ1) is 15.7. The normalized spacial score (nSPS) is 14.9. The fraction of sp³-hybridized carbons (Fsp3) is 0.235. The summed E-state index contributed by atoms with van der Waals surface area (Å²) in [6.07, 6.45) is 0. The van der Waals surface area contributed by atoms with Gasteiger partial charge in [-0.25, -0.2) is 8.78 Å². The molecule has 0 aliphatic carbocycles. The lowest BCUT2D eigenvalue weighted by atomic mass is 10.1. The topological polar surface area (TPSA) is 23.6 Å². The van der Waals surface area contributed by atoms with Crippen LogP contribution in [0.5, 0.6) is 0 Å². The monoisotopic (exact) mass is 336 g/mol. The number of carbonyl (C=O) groups excluding carboxylic acids is 1. The Kier molecular flexibility index (Phi) is 4.48. The number of hydrogen-bond donors (Lipinski definition) is 0. The van der Waals surface area contributed by atoms with E-state index in [-0.39, 0.29) is 5.56 Å². The fourth-order valence-electron chi connectivity index (χ4n) is 2.69. The number of para-hydroxylation sites is 1. The van der Waals surface area contributed by atoms with Crippen LogP contribution in [0.1, 0.15) is 10.4 Å². The van der Waals surface area contributed by atoms with Gasteiger partial charge in [-0.2, -0.15) is 0 Å². The highest BCUT2D eigenvalue weighted by molar-refractivity contribution is 6.33. The van der Waals surface area contributed by atoms with Crippen LogP contribution in [0.25, 0.3) is 0 Å². The molecule has 0 bridgehead atoms. The molecule has 0 saturated carbocycles. The lowest BCUT2D eigenvalue weighted by Crippen LogP contribution is -2.49. The standard InChI is InChI=1S/C17H15ClF2N2O/c18-14-3-1-2-4-16(14)21-7-9-22(10-8-21)17(23)13-6-5-12(19)11-15(13)20/h1-6,11H,7-10H2. The Morgan fingerprint density at radius 3 is 2.35 bits per heavy atom. The van der Waals surface area contributed by atoms with Crippen LogP contribution in [0.2, 0.25) is 5.02 Å². The van der Waals surface area contributed by atoms with Gasteiger partial charge in [-0.05, 0) is 24.3 Å². The minimum Gasteiger partial charge on any atom is -0.367 e. The maximum Gasteiger partial charge on any atom is 0.256 e. The van der Waals surface area contributed by atoms with Crippen molar-refractivity contribution in [3.05, 3.63) is 64.7 Å². The summed E-state index contributed by atoms with van der Waals surface area (Å²) >= 11 is 6.18. The molecule has 1 fully saturated rings. The molecule has 1 heterocycles. The summed E-state index contributed by atoms with van der Waals surface area (Å²) in [5, 5.41) is 0.664. The Hall–Kier alpha value is -2.14. The summed E-state index contributed by atoms with van der Waals surface area (Å²) in [5.41, 5.74) is 0.826. The van der Waals surface area contributed by atoms with Gasteiger partial charge in [-0.3, -0.25) is 4.79 Å². The molecule has 23 heavy (non-hydrogen) atoms. The highest BCUT2D eigenvalue weighted by Gasteiger charge is 2.25. The number of amides is 1. The van der Waals surface area contributed by atoms with E-state index in [1.165, 1.54) is 6.07 Å². The molecule has 3 rings (SSSR count). The van der Waals surface area contributed by atoms with Gasteiger partial charge in [-0.15, -0.1) is 0 Å². The van der Waals surface area contributed by atoms with E-state index in [0.29, 0.717) is 31.2 Å². The van der Waals surface area contributed by atoms with Crippen LogP contribution in [-0.4, -0.2) is 37.0 Å². The number of piperazine rings is 1. The quantitative estimate of drug-likeness (QED) is 0.837. The second kappa shape index (κ2) is 6.54. The lowest BCUT2D eigenvalue weighted by Gasteiger charge is -2.36. The van der Waals surface area contributed by atoms with Crippen molar-refractivity contribution in [3.8, 4) is 0 Å². The van der Waals surface area contributed by atoms with E-state index in [4.69, 9.17) is 11.6 Å². The molecule has 1 aliphatic rings. The van der Waals surface area contributed by atoms with E-state index in [1.54, 1.807) is 4.90 Å². The van der Waals surface area contributed by atoms with Crippen molar-refractivity contribution < 1.29 is 13.6 Å². The predicted octanol–water partition coefficient (Wildman–Crippen LogP) is 3.58. The summed E-state index contributed by atoms with van der Waals surface area (Å²) < 4.78 is 26.7. The molecular weight excluding hydrogens is 322 g/mol. The van der Waals surface area contributed by atoms with Gasteiger partial charge in [0.2, 0.25) is 0 Å². The van der Waals surface area contributed by atoms with Crippen LogP contribution >= 0.6 is 11.6 Å². The molecule has 0 atom stereocenters. The second-order valence-electron chi connectivity index (χ2n) is 5.35. The average Bonchev–Trinajstić information content (AvgIpc) is 2.55. The third-order valence-corrected chi connectivity index (χ3v) is 4.24. The number of halogens is 3. The number of anilines is 1. The van der Waals surface area contributed by atoms with Crippen LogP contribution < -0.4 is 4.90 Å². The zero-order chi connectivity index (χ0) is 16.4. The minimum absolute atomic E-state index is 0.0995. The molecule has 2 aromatic carbocycles. The van der Waals surface area contributed by atoms with Crippen molar-refractivity contribution in [2.45, 2.75) is 0 Å². The summed E-state index contributed by atoms with van der Waals surface area (Å²) in [7, 11) is 0. The molecule has 0 aromatic heterocycles. The van der Waals surface area contributed by atoms with Gasteiger partial charge >= 0.3 is 0 Å². The number of nitrogens with zero attached hydrogens (tertiary/aromatic N) is 2. The SMILES string of the molecule is O=C(c1ccc(F)cc1F)N1CCN(c2ccccc2Cl)CC1. The van der Waals surface area contributed by atoms with Crippen LogP contribution in [0, 0.1) is 11.6 Å². The van der Waals surface area contributed by atoms with Gasteiger partial charge < -0.3 is 9.80 Å². The Morgan fingerprint density at radius 2 is 1.70 bits per heavy atom. The Morgan fingerprint density at radius 1 is 1.00 bits per heavy atom. The van der Waals surface area contributed by atoms with E-state index in [9.17, 15) is 13.6 Å². The molecule has 1 aliphatic heterocycles. The molecule has 6 heteroatoms. The summed E-state index contributed by atoms with van der Waals surface area (Å²) in [5.74, 6) is -1.94. The van der Waals surface area contributed by atoms with Gasteiger partial charge in [-0.1, -0.05) is 23.7 Å². The number of benzene rings is 2. The van der Waals surface area contributed by atoms with Crippen LogP contribution in [-0.2, 0) is 0 Å².